The summed E-state index contributed by atoms with van der Waals surface area (Å²) in [5.41, 5.74) is 3.07. The maximum Gasteiger partial charge on any atom is 0.272 e. The first-order valence-electron chi connectivity index (χ1n) is 9.38. The number of carbonyl (C=O) groups excluding carboxylic acids is 1. The van der Waals surface area contributed by atoms with Crippen LogP contribution in [0.1, 0.15) is 34.8 Å². The summed E-state index contributed by atoms with van der Waals surface area (Å²) in [7, 11) is 0. The Bertz CT molecular complexity index is 982. The zero-order valence-electron chi connectivity index (χ0n) is 15.3. The monoisotopic (exact) mass is 394 g/mol. The highest BCUT2D eigenvalue weighted by atomic mass is 35.5. The second kappa shape index (κ2) is 8.11. The Morgan fingerprint density at radius 1 is 0.964 bits per heavy atom. The first kappa shape index (κ1) is 18.6. The van der Waals surface area contributed by atoms with E-state index in [1.54, 1.807) is 6.07 Å². The van der Waals surface area contributed by atoms with Gasteiger partial charge in [-0.15, -0.1) is 0 Å². The number of piperidine rings is 1. The summed E-state index contributed by atoms with van der Waals surface area (Å²) >= 11 is 6.26. The lowest BCUT2D eigenvalue weighted by Gasteiger charge is -2.32. The molecule has 0 unspecified atom stereocenters. The predicted molar refractivity (Wildman–Crippen MR) is 109 cm³/mol. The first-order chi connectivity index (χ1) is 13.6. The van der Waals surface area contributed by atoms with Crippen LogP contribution in [0, 0.1) is 5.82 Å². The highest BCUT2D eigenvalue weighted by Crippen LogP contribution is 2.29. The molecule has 1 aliphatic rings. The number of hydrogen-bond acceptors (Lipinski definition) is 2. The van der Waals surface area contributed by atoms with Crippen molar-refractivity contribution in [1.29, 1.82) is 0 Å². The van der Waals surface area contributed by atoms with Crippen LogP contribution in [0.4, 0.5) is 4.39 Å². The molecule has 5 heteroatoms. The molecule has 28 heavy (non-hydrogen) atoms. The minimum atomic E-state index is -0.221. The number of benzene rings is 2. The van der Waals surface area contributed by atoms with Crippen LogP contribution >= 0.6 is 11.6 Å². The molecular weight excluding hydrogens is 375 g/mol. The van der Waals surface area contributed by atoms with Gasteiger partial charge in [0, 0.05) is 23.7 Å². The van der Waals surface area contributed by atoms with Crippen LogP contribution in [0.5, 0.6) is 0 Å². The number of hydrogen-bond donors (Lipinski definition) is 0. The summed E-state index contributed by atoms with van der Waals surface area (Å²) in [6, 6.07) is 19.6. The number of carbonyl (C=O) groups is 1. The minimum Gasteiger partial charge on any atom is -0.337 e. The molecule has 2 heterocycles. The smallest absolute Gasteiger partial charge is 0.272 e. The molecule has 0 bridgehead atoms. The molecular formula is C23H20ClFN2O. The fourth-order valence-electron chi connectivity index (χ4n) is 3.69. The van der Waals surface area contributed by atoms with E-state index < -0.39 is 0 Å². The third-order valence-corrected chi connectivity index (χ3v) is 5.57. The third kappa shape index (κ3) is 3.92. The summed E-state index contributed by atoms with van der Waals surface area (Å²) in [6.07, 6.45) is 1.73. The number of nitrogens with zero attached hydrogens (tertiary/aromatic N) is 2. The minimum absolute atomic E-state index is 0.0635. The quantitative estimate of drug-likeness (QED) is 0.582. The molecule has 1 saturated heterocycles. The molecule has 142 valence electrons. The molecule has 0 N–H and O–H groups in total. The van der Waals surface area contributed by atoms with E-state index in [1.165, 1.54) is 12.1 Å². The van der Waals surface area contributed by atoms with Gasteiger partial charge in [0.05, 0.1) is 5.69 Å². The van der Waals surface area contributed by atoms with Crippen molar-refractivity contribution in [2.75, 3.05) is 13.1 Å². The fraction of sp³-hybridized carbons (Fsp3) is 0.217. The number of likely N-dealkylation sites (tertiary alicyclic amines) is 1. The molecule has 2 aromatic carbocycles. The molecule has 0 radical (unpaired) electrons. The molecule has 1 aromatic heterocycles. The molecule has 1 aliphatic heterocycles. The van der Waals surface area contributed by atoms with Gasteiger partial charge in [0.1, 0.15) is 11.5 Å². The Kier molecular flexibility index (Phi) is 5.40. The molecule has 0 spiro atoms. The van der Waals surface area contributed by atoms with E-state index >= 15 is 0 Å². The highest BCUT2D eigenvalue weighted by molar-refractivity contribution is 6.33. The maximum absolute atomic E-state index is 13.1. The second-order valence-electron chi connectivity index (χ2n) is 7.01. The molecule has 0 aliphatic carbocycles. The van der Waals surface area contributed by atoms with Gasteiger partial charge in [-0.2, -0.15) is 0 Å². The molecule has 3 nitrogen and oxygen atoms in total. The largest absolute Gasteiger partial charge is 0.337 e. The molecule has 0 saturated carbocycles. The number of rotatable bonds is 3. The molecule has 4 rings (SSSR count). The molecule has 1 fully saturated rings. The van der Waals surface area contributed by atoms with Crippen molar-refractivity contribution in [2.24, 2.45) is 0 Å². The SMILES string of the molecule is O=C(c1cccc(-c2ccccc2Cl)n1)N1CCC(c2ccc(F)cc2)CC1. The average Bonchev–Trinajstić information content (AvgIpc) is 2.74. The highest BCUT2D eigenvalue weighted by Gasteiger charge is 2.25. The van der Waals surface area contributed by atoms with Gasteiger partial charge in [-0.1, -0.05) is 48.0 Å². The van der Waals surface area contributed by atoms with Crippen LogP contribution in [-0.2, 0) is 0 Å². The van der Waals surface area contributed by atoms with E-state index in [4.69, 9.17) is 11.6 Å². The van der Waals surface area contributed by atoms with E-state index in [1.807, 2.05) is 53.4 Å². The number of halogens is 2. The van der Waals surface area contributed by atoms with Gasteiger partial charge in [-0.25, -0.2) is 9.37 Å². The summed E-state index contributed by atoms with van der Waals surface area (Å²) in [5.74, 6) is 0.0689. The predicted octanol–water partition coefficient (Wildman–Crippen LogP) is 5.56. The van der Waals surface area contributed by atoms with Crippen molar-refractivity contribution in [3.05, 3.63) is 88.8 Å². The third-order valence-electron chi connectivity index (χ3n) is 5.24. The zero-order chi connectivity index (χ0) is 19.5. The van der Waals surface area contributed by atoms with Gasteiger partial charge in [0.2, 0.25) is 0 Å². The maximum atomic E-state index is 13.1. The van der Waals surface area contributed by atoms with Crippen molar-refractivity contribution >= 4 is 17.5 Å². The lowest BCUT2D eigenvalue weighted by atomic mass is 9.89. The molecule has 1 amide bonds. The Morgan fingerprint density at radius 2 is 1.68 bits per heavy atom. The van der Waals surface area contributed by atoms with Crippen LogP contribution in [0.15, 0.2) is 66.7 Å². The Morgan fingerprint density at radius 3 is 2.39 bits per heavy atom. The lowest BCUT2D eigenvalue weighted by molar-refractivity contribution is 0.0707. The van der Waals surface area contributed by atoms with Crippen LogP contribution in [0.25, 0.3) is 11.3 Å². The van der Waals surface area contributed by atoms with Gasteiger partial charge in [-0.3, -0.25) is 4.79 Å². The van der Waals surface area contributed by atoms with Crippen molar-refractivity contribution in [3.63, 3.8) is 0 Å². The average molecular weight is 395 g/mol. The number of pyridine rings is 1. The van der Waals surface area contributed by atoms with E-state index in [-0.39, 0.29) is 11.7 Å². The van der Waals surface area contributed by atoms with Crippen LogP contribution in [0.2, 0.25) is 5.02 Å². The van der Waals surface area contributed by atoms with Crippen molar-refractivity contribution in [1.82, 2.24) is 9.88 Å². The Balaban J connectivity index is 1.46. The fourth-order valence-corrected chi connectivity index (χ4v) is 3.92. The molecule has 3 aromatic rings. The van der Waals surface area contributed by atoms with Crippen molar-refractivity contribution in [3.8, 4) is 11.3 Å². The van der Waals surface area contributed by atoms with Crippen LogP contribution in [-0.4, -0.2) is 28.9 Å². The van der Waals surface area contributed by atoms with Gasteiger partial charge in [0.15, 0.2) is 0 Å². The van der Waals surface area contributed by atoms with Gasteiger partial charge < -0.3 is 4.90 Å². The Hall–Kier alpha value is -2.72. The molecule has 0 atom stereocenters. The van der Waals surface area contributed by atoms with Crippen molar-refractivity contribution < 1.29 is 9.18 Å². The van der Waals surface area contributed by atoms with Gasteiger partial charge >= 0.3 is 0 Å². The second-order valence-corrected chi connectivity index (χ2v) is 7.41. The van der Waals surface area contributed by atoms with Gasteiger partial charge in [-0.05, 0) is 54.7 Å². The number of aromatic nitrogens is 1. The van der Waals surface area contributed by atoms with Crippen molar-refractivity contribution in [2.45, 2.75) is 18.8 Å². The lowest BCUT2D eigenvalue weighted by Crippen LogP contribution is -2.38. The van der Waals surface area contributed by atoms with E-state index in [0.29, 0.717) is 35.4 Å². The van der Waals surface area contributed by atoms with E-state index in [0.717, 1.165) is 24.0 Å². The van der Waals surface area contributed by atoms with E-state index in [2.05, 4.69) is 4.98 Å². The summed E-state index contributed by atoms with van der Waals surface area (Å²) < 4.78 is 13.1. The Labute approximate surface area is 168 Å². The standard InChI is InChI=1S/C23H20ClFN2O/c24-20-5-2-1-4-19(20)21-6-3-7-22(26-21)23(28)27-14-12-17(13-15-27)16-8-10-18(25)11-9-16/h1-11,17H,12-15H2. The zero-order valence-corrected chi connectivity index (χ0v) is 16.1. The first-order valence-corrected chi connectivity index (χ1v) is 9.76. The number of amides is 1. The van der Waals surface area contributed by atoms with Crippen LogP contribution < -0.4 is 0 Å². The van der Waals surface area contributed by atoms with Gasteiger partial charge in [0.25, 0.3) is 5.91 Å². The van der Waals surface area contributed by atoms with E-state index in [9.17, 15) is 9.18 Å². The summed E-state index contributed by atoms with van der Waals surface area (Å²) in [5, 5.41) is 0.611. The topological polar surface area (TPSA) is 33.2 Å². The normalized spacial score (nSPS) is 14.9. The summed E-state index contributed by atoms with van der Waals surface area (Å²) in [6.45, 7) is 1.33. The van der Waals surface area contributed by atoms with Crippen LogP contribution in [0.3, 0.4) is 0 Å². The summed E-state index contributed by atoms with van der Waals surface area (Å²) in [4.78, 5) is 19.3.